The summed E-state index contributed by atoms with van der Waals surface area (Å²) >= 11 is 0. The van der Waals surface area contributed by atoms with Crippen molar-refractivity contribution in [1.82, 2.24) is 4.31 Å². The van der Waals surface area contributed by atoms with E-state index in [0.29, 0.717) is 24.3 Å². The molecule has 0 bridgehead atoms. The third-order valence-corrected chi connectivity index (χ3v) is 5.92. The summed E-state index contributed by atoms with van der Waals surface area (Å²) in [6, 6.07) is 10.2. The van der Waals surface area contributed by atoms with Gasteiger partial charge in [0.1, 0.15) is 5.82 Å². The zero-order valence-electron chi connectivity index (χ0n) is 14.4. The molecule has 2 aromatic rings. The molecule has 134 valence electrons. The van der Waals surface area contributed by atoms with Crippen LogP contribution in [0.5, 0.6) is 0 Å². The second kappa shape index (κ2) is 7.76. The second-order valence-corrected chi connectivity index (χ2v) is 7.47. The van der Waals surface area contributed by atoms with E-state index in [0.717, 1.165) is 6.07 Å². The van der Waals surface area contributed by atoms with Gasteiger partial charge in [0.05, 0.1) is 4.90 Å². The fourth-order valence-corrected chi connectivity index (χ4v) is 3.89. The molecule has 0 aliphatic carbocycles. The number of amides is 1. The van der Waals surface area contributed by atoms with E-state index < -0.39 is 21.7 Å². The highest BCUT2D eigenvalue weighted by molar-refractivity contribution is 7.89. The monoisotopic (exact) mass is 364 g/mol. The number of carbonyl (C=O) groups excluding carboxylic acids is 1. The fourth-order valence-electron chi connectivity index (χ4n) is 2.38. The highest BCUT2D eigenvalue weighted by Crippen LogP contribution is 2.20. The van der Waals surface area contributed by atoms with Crippen molar-refractivity contribution in [3.05, 3.63) is 59.4 Å². The summed E-state index contributed by atoms with van der Waals surface area (Å²) in [5.74, 6) is -0.971. The molecule has 1 amide bonds. The summed E-state index contributed by atoms with van der Waals surface area (Å²) < 4.78 is 40.0. The Labute approximate surface area is 147 Å². The Bertz CT molecular complexity index is 878. The predicted octanol–water partition coefficient (Wildman–Crippen LogP) is 3.42. The third-order valence-electron chi connectivity index (χ3n) is 3.87. The topological polar surface area (TPSA) is 66.5 Å². The lowest BCUT2D eigenvalue weighted by molar-refractivity contribution is 0.102. The molecule has 0 aliphatic rings. The number of rotatable bonds is 6. The maximum absolute atomic E-state index is 13.6. The van der Waals surface area contributed by atoms with Crippen molar-refractivity contribution in [2.45, 2.75) is 25.7 Å². The molecule has 5 nitrogen and oxygen atoms in total. The highest BCUT2D eigenvalue weighted by atomic mass is 32.2. The minimum atomic E-state index is -3.61. The number of benzene rings is 2. The van der Waals surface area contributed by atoms with Crippen molar-refractivity contribution < 1.29 is 17.6 Å². The molecule has 25 heavy (non-hydrogen) atoms. The van der Waals surface area contributed by atoms with Crippen LogP contribution in [-0.2, 0) is 10.0 Å². The van der Waals surface area contributed by atoms with Crippen LogP contribution in [0.15, 0.2) is 47.4 Å². The number of nitrogens with one attached hydrogen (secondary N) is 1. The lowest BCUT2D eigenvalue weighted by atomic mass is 10.1. The number of hydrogen-bond donors (Lipinski definition) is 1. The number of sulfonamides is 1. The molecule has 0 spiro atoms. The maximum Gasteiger partial charge on any atom is 0.255 e. The summed E-state index contributed by atoms with van der Waals surface area (Å²) in [7, 11) is -3.61. The summed E-state index contributed by atoms with van der Waals surface area (Å²) in [5.41, 5.74) is 0.947. The molecule has 0 atom stereocenters. The van der Waals surface area contributed by atoms with Crippen LogP contribution in [0.2, 0.25) is 0 Å². The van der Waals surface area contributed by atoms with Gasteiger partial charge in [0.25, 0.3) is 5.91 Å². The lowest BCUT2D eigenvalue weighted by Gasteiger charge is -2.18. The van der Waals surface area contributed by atoms with Crippen LogP contribution in [0.4, 0.5) is 10.1 Å². The molecule has 7 heteroatoms. The van der Waals surface area contributed by atoms with Crippen LogP contribution in [0.25, 0.3) is 0 Å². The summed E-state index contributed by atoms with van der Waals surface area (Å²) in [6.07, 6.45) is 0. The molecule has 0 saturated heterocycles. The van der Waals surface area contributed by atoms with Gasteiger partial charge in [-0.05, 0) is 42.8 Å². The van der Waals surface area contributed by atoms with Gasteiger partial charge in [-0.1, -0.05) is 26.0 Å². The van der Waals surface area contributed by atoms with E-state index in [2.05, 4.69) is 5.32 Å². The minimum Gasteiger partial charge on any atom is -0.322 e. The van der Waals surface area contributed by atoms with E-state index >= 15 is 0 Å². The first-order valence-electron chi connectivity index (χ1n) is 7.97. The molecule has 0 aliphatic heterocycles. The molecule has 0 heterocycles. The normalized spacial score (nSPS) is 11.6. The zero-order chi connectivity index (χ0) is 18.6. The summed E-state index contributed by atoms with van der Waals surface area (Å²) in [5, 5.41) is 2.60. The van der Waals surface area contributed by atoms with E-state index in [-0.39, 0.29) is 10.5 Å². The predicted molar refractivity (Wildman–Crippen MR) is 95.6 cm³/mol. The second-order valence-electron chi connectivity index (χ2n) is 5.54. The SMILES string of the molecule is CCN(CC)S(=O)(=O)c1cccc(NC(=O)c2ccc(C)c(F)c2)c1. The van der Waals surface area contributed by atoms with Crippen LogP contribution in [0.3, 0.4) is 0 Å². The summed E-state index contributed by atoms with van der Waals surface area (Å²) in [4.78, 5) is 12.3. The standard InChI is InChI=1S/C18H21FN2O3S/c1-4-21(5-2)25(23,24)16-8-6-7-15(12-16)20-18(22)14-10-9-13(3)17(19)11-14/h6-12H,4-5H2,1-3H3,(H,20,22). The van der Waals surface area contributed by atoms with Gasteiger partial charge in [0.15, 0.2) is 0 Å². The van der Waals surface area contributed by atoms with Crippen LogP contribution < -0.4 is 5.32 Å². The zero-order valence-corrected chi connectivity index (χ0v) is 15.2. The van der Waals surface area contributed by atoms with Crippen molar-refractivity contribution in [3.8, 4) is 0 Å². The van der Waals surface area contributed by atoms with Crippen molar-refractivity contribution in [1.29, 1.82) is 0 Å². The number of nitrogens with zero attached hydrogens (tertiary/aromatic N) is 1. The molecular formula is C18H21FN2O3S. The minimum absolute atomic E-state index is 0.101. The van der Waals surface area contributed by atoms with Gasteiger partial charge in [0.2, 0.25) is 10.0 Å². The quantitative estimate of drug-likeness (QED) is 0.854. The van der Waals surface area contributed by atoms with Gasteiger partial charge in [-0.3, -0.25) is 4.79 Å². The molecule has 2 aromatic carbocycles. The van der Waals surface area contributed by atoms with Crippen LogP contribution in [0, 0.1) is 12.7 Å². The van der Waals surface area contributed by atoms with Gasteiger partial charge < -0.3 is 5.32 Å². The van der Waals surface area contributed by atoms with Crippen LogP contribution in [-0.4, -0.2) is 31.7 Å². The van der Waals surface area contributed by atoms with Gasteiger partial charge in [-0.15, -0.1) is 0 Å². The maximum atomic E-state index is 13.6. The molecule has 0 fully saturated rings. The molecular weight excluding hydrogens is 343 g/mol. The highest BCUT2D eigenvalue weighted by Gasteiger charge is 2.22. The number of aryl methyl sites for hydroxylation is 1. The Kier molecular flexibility index (Phi) is 5.92. The molecule has 1 N–H and O–H groups in total. The van der Waals surface area contributed by atoms with Crippen molar-refractivity contribution in [2.24, 2.45) is 0 Å². The average molecular weight is 364 g/mol. The fraction of sp³-hybridized carbons (Fsp3) is 0.278. The van der Waals surface area contributed by atoms with Gasteiger partial charge in [-0.25, -0.2) is 12.8 Å². The Morgan fingerprint density at radius 2 is 1.80 bits per heavy atom. The van der Waals surface area contributed by atoms with Gasteiger partial charge >= 0.3 is 0 Å². The van der Waals surface area contributed by atoms with Crippen molar-refractivity contribution in [3.63, 3.8) is 0 Å². The smallest absolute Gasteiger partial charge is 0.255 e. The molecule has 0 unspecified atom stereocenters. The Balaban J connectivity index is 2.27. The number of carbonyl (C=O) groups is 1. The van der Waals surface area contributed by atoms with E-state index in [4.69, 9.17) is 0 Å². The first kappa shape index (κ1) is 19.1. The first-order chi connectivity index (χ1) is 11.8. The average Bonchev–Trinajstić information content (AvgIpc) is 2.58. The van der Waals surface area contributed by atoms with E-state index in [1.54, 1.807) is 32.9 Å². The molecule has 0 aromatic heterocycles. The number of anilines is 1. The van der Waals surface area contributed by atoms with E-state index in [1.165, 1.54) is 28.6 Å². The molecule has 0 radical (unpaired) electrons. The van der Waals surface area contributed by atoms with Crippen molar-refractivity contribution in [2.75, 3.05) is 18.4 Å². The summed E-state index contributed by atoms with van der Waals surface area (Å²) in [6.45, 7) is 5.85. The Morgan fingerprint density at radius 3 is 2.40 bits per heavy atom. The Morgan fingerprint density at radius 1 is 1.12 bits per heavy atom. The number of halogens is 1. The van der Waals surface area contributed by atoms with Crippen LogP contribution >= 0.6 is 0 Å². The largest absolute Gasteiger partial charge is 0.322 e. The molecule has 2 rings (SSSR count). The first-order valence-corrected chi connectivity index (χ1v) is 9.41. The van der Waals surface area contributed by atoms with Gasteiger partial charge in [-0.2, -0.15) is 4.31 Å². The molecule has 0 saturated carbocycles. The van der Waals surface area contributed by atoms with Crippen LogP contribution in [0.1, 0.15) is 29.8 Å². The van der Waals surface area contributed by atoms with Gasteiger partial charge in [0, 0.05) is 24.3 Å². The third kappa shape index (κ3) is 4.24. The van der Waals surface area contributed by atoms with E-state index in [9.17, 15) is 17.6 Å². The Hall–Kier alpha value is -2.25. The van der Waals surface area contributed by atoms with Crippen molar-refractivity contribution >= 4 is 21.6 Å². The lowest BCUT2D eigenvalue weighted by Crippen LogP contribution is -2.30. The van der Waals surface area contributed by atoms with E-state index in [1.807, 2.05) is 0 Å². The number of hydrogen-bond acceptors (Lipinski definition) is 3.